The lowest BCUT2D eigenvalue weighted by atomic mass is 9.98. The van der Waals surface area contributed by atoms with Gasteiger partial charge in [0.05, 0.1) is 7.11 Å². The van der Waals surface area contributed by atoms with Gasteiger partial charge < -0.3 is 15.6 Å². The van der Waals surface area contributed by atoms with Crippen LogP contribution in [0.2, 0.25) is 0 Å². The van der Waals surface area contributed by atoms with Crippen LogP contribution in [0.4, 0.5) is 0 Å². The Morgan fingerprint density at radius 1 is 1.47 bits per heavy atom. The fraction of sp³-hybridized carbons (Fsp3) is 0.500. The molecule has 0 aliphatic heterocycles. The summed E-state index contributed by atoms with van der Waals surface area (Å²) in [5.74, 6) is 0.747. The van der Waals surface area contributed by atoms with E-state index in [-0.39, 0.29) is 11.8 Å². The molecule has 0 heterocycles. The van der Waals surface area contributed by atoms with Crippen molar-refractivity contribution in [2.24, 2.45) is 5.73 Å². The van der Waals surface area contributed by atoms with Gasteiger partial charge in [-0.2, -0.15) is 0 Å². The first-order chi connectivity index (χ1) is 7.10. The standard InChI is InChI=1S/C12H19NO2/c1-4-9-5-6-11(15-3)12(14)10(9)7-8(2)13/h5-6,8,14H,4,7,13H2,1-3H3. The number of ether oxygens (including phenoxy) is 1. The van der Waals surface area contributed by atoms with E-state index in [0.717, 1.165) is 17.5 Å². The van der Waals surface area contributed by atoms with Crippen molar-refractivity contribution >= 4 is 0 Å². The highest BCUT2D eigenvalue weighted by atomic mass is 16.5. The van der Waals surface area contributed by atoms with Crippen LogP contribution in [0.1, 0.15) is 25.0 Å². The van der Waals surface area contributed by atoms with E-state index in [9.17, 15) is 5.11 Å². The highest BCUT2D eigenvalue weighted by Crippen LogP contribution is 2.33. The SMILES string of the molecule is CCc1ccc(OC)c(O)c1CC(C)N. The highest BCUT2D eigenvalue weighted by Gasteiger charge is 2.13. The summed E-state index contributed by atoms with van der Waals surface area (Å²) in [6.07, 6.45) is 1.56. The molecule has 84 valence electrons. The van der Waals surface area contributed by atoms with Crippen LogP contribution in [-0.4, -0.2) is 18.3 Å². The molecule has 15 heavy (non-hydrogen) atoms. The minimum Gasteiger partial charge on any atom is -0.504 e. The molecule has 0 aliphatic rings. The Morgan fingerprint density at radius 2 is 2.13 bits per heavy atom. The van der Waals surface area contributed by atoms with E-state index in [0.29, 0.717) is 12.2 Å². The smallest absolute Gasteiger partial charge is 0.161 e. The molecule has 1 aromatic carbocycles. The maximum Gasteiger partial charge on any atom is 0.161 e. The Labute approximate surface area is 90.9 Å². The minimum atomic E-state index is 0.0355. The molecule has 0 saturated heterocycles. The van der Waals surface area contributed by atoms with Crippen LogP contribution in [0, 0.1) is 0 Å². The van der Waals surface area contributed by atoms with Crippen molar-refractivity contribution in [3.8, 4) is 11.5 Å². The van der Waals surface area contributed by atoms with Gasteiger partial charge in [0.15, 0.2) is 11.5 Å². The van der Waals surface area contributed by atoms with Crippen molar-refractivity contribution in [3.05, 3.63) is 23.3 Å². The third kappa shape index (κ3) is 2.63. The van der Waals surface area contributed by atoms with Crippen LogP contribution in [0.15, 0.2) is 12.1 Å². The molecule has 1 aromatic rings. The van der Waals surface area contributed by atoms with Gasteiger partial charge in [0.2, 0.25) is 0 Å². The monoisotopic (exact) mass is 209 g/mol. The summed E-state index contributed by atoms with van der Waals surface area (Å²) < 4.78 is 5.08. The van der Waals surface area contributed by atoms with E-state index < -0.39 is 0 Å². The number of hydrogen-bond acceptors (Lipinski definition) is 3. The maximum absolute atomic E-state index is 9.97. The van der Waals surface area contributed by atoms with Gasteiger partial charge in [-0.15, -0.1) is 0 Å². The summed E-state index contributed by atoms with van der Waals surface area (Å²) >= 11 is 0. The predicted molar refractivity (Wildman–Crippen MR) is 61.4 cm³/mol. The number of phenols is 1. The molecular formula is C12H19NO2. The first-order valence-electron chi connectivity index (χ1n) is 5.23. The Bertz CT molecular complexity index is 335. The van der Waals surface area contributed by atoms with Crippen LogP contribution in [0.5, 0.6) is 11.5 Å². The Balaban J connectivity index is 3.16. The number of aryl methyl sites for hydroxylation is 1. The average Bonchev–Trinajstić information content (AvgIpc) is 2.20. The zero-order chi connectivity index (χ0) is 11.4. The molecule has 0 aromatic heterocycles. The van der Waals surface area contributed by atoms with Crippen LogP contribution >= 0.6 is 0 Å². The molecule has 0 bridgehead atoms. The molecular weight excluding hydrogens is 190 g/mol. The van der Waals surface area contributed by atoms with Gasteiger partial charge in [-0.05, 0) is 31.4 Å². The van der Waals surface area contributed by atoms with E-state index in [1.54, 1.807) is 13.2 Å². The number of hydrogen-bond donors (Lipinski definition) is 2. The van der Waals surface area contributed by atoms with Gasteiger partial charge in [-0.3, -0.25) is 0 Å². The van der Waals surface area contributed by atoms with Crippen molar-refractivity contribution in [2.45, 2.75) is 32.7 Å². The van der Waals surface area contributed by atoms with E-state index in [2.05, 4.69) is 6.92 Å². The molecule has 1 unspecified atom stereocenters. The van der Waals surface area contributed by atoms with Gasteiger partial charge in [-0.1, -0.05) is 13.0 Å². The van der Waals surface area contributed by atoms with E-state index in [1.165, 1.54) is 0 Å². The first kappa shape index (κ1) is 11.9. The topological polar surface area (TPSA) is 55.5 Å². The van der Waals surface area contributed by atoms with Crippen molar-refractivity contribution in [2.75, 3.05) is 7.11 Å². The number of aromatic hydroxyl groups is 1. The molecule has 0 fully saturated rings. The fourth-order valence-electron chi connectivity index (χ4n) is 1.70. The lowest BCUT2D eigenvalue weighted by Gasteiger charge is -2.14. The molecule has 0 saturated carbocycles. The lowest BCUT2D eigenvalue weighted by Crippen LogP contribution is -2.18. The molecule has 0 spiro atoms. The predicted octanol–water partition coefficient (Wildman–Crippen LogP) is 1.85. The van der Waals surface area contributed by atoms with Gasteiger partial charge in [0, 0.05) is 11.6 Å². The van der Waals surface area contributed by atoms with Gasteiger partial charge in [-0.25, -0.2) is 0 Å². The second-order valence-corrected chi connectivity index (χ2v) is 3.79. The molecule has 0 aliphatic carbocycles. The Kier molecular flexibility index (Phi) is 3.97. The Hall–Kier alpha value is -1.22. The van der Waals surface area contributed by atoms with Crippen LogP contribution in [-0.2, 0) is 12.8 Å². The molecule has 0 radical (unpaired) electrons. The molecule has 0 amide bonds. The average molecular weight is 209 g/mol. The van der Waals surface area contributed by atoms with Gasteiger partial charge in [0.1, 0.15) is 0 Å². The van der Waals surface area contributed by atoms with Crippen LogP contribution in [0.25, 0.3) is 0 Å². The summed E-state index contributed by atoms with van der Waals surface area (Å²) in [5.41, 5.74) is 7.80. The summed E-state index contributed by atoms with van der Waals surface area (Å²) in [4.78, 5) is 0. The zero-order valence-electron chi connectivity index (χ0n) is 9.58. The van der Waals surface area contributed by atoms with Crippen molar-refractivity contribution < 1.29 is 9.84 Å². The number of benzene rings is 1. The third-order valence-electron chi connectivity index (χ3n) is 2.47. The van der Waals surface area contributed by atoms with Gasteiger partial charge in [0.25, 0.3) is 0 Å². The normalized spacial score (nSPS) is 12.5. The molecule has 1 atom stereocenters. The maximum atomic E-state index is 9.97. The van der Waals surface area contributed by atoms with Gasteiger partial charge >= 0.3 is 0 Å². The molecule has 3 N–H and O–H groups in total. The highest BCUT2D eigenvalue weighted by molar-refractivity contribution is 5.50. The third-order valence-corrected chi connectivity index (χ3v) is 2.47. The van der Waals surface area contributed by atoms with Crippen molar-refractivity contribution in [1.29, 1.82) is 0 Å². The number of nitrogens with two attached hydrogens (primary N) is 1. The summed E-state index contributed by atoms with van der Waals surface area (Å²) in [7, 11) is 1.55. The van der Waals surface area contributed by atoms with E-state index in [4.69, 9.17) is 10.5 Å². The Morgan fingerprint density at radius 3 is 2.60 bits per heavy atom. The first-order valence-corrected chi connectivity index (χ1v) is 5.23. The summed E-state index contributed by atoms with van der Waals surface area (Å²) in [6.45, 7) is 3.99. The van der Waals surface area contributed by atoms with Crippen LogP contribution < -0.4 is 10.5 Å². The molecule has 1 rings (SSSR count). The summed E-state index contributed by atoms with van der Waals surface area (Å²) in [5, 5.41) is 9.97. The number of phenolic OH excluding ortho intramolecular Hbond substituents is 1. The molecule has 3 nitrogen and oxygen atoms in total. The minimum absolute atomic E-state index is 0.0355. The fourth-order valence-corrected chi connectivity index (χ4v) is 1.70. The quantitative estimate of drug-likeness (QED) is 0.795. The second kappa shape index (κ2) is 5.03. The second-order valence-electron chi connectivity index (χ2n) is 3.79. The van der Waals surface area contributed by atoms with Crippen molar-refractivity contribution in [1.82, 2.24) is 0 Å². The van der Waals surface area contributed by atoms with Crippen LogP contribution in [0.3, 0.4) is 0 Å². The largest absolute Gasteiger partial charge is 0.504 e. The van der Waals surface area contributed by atoms with E-state index >= 15 is 0 Å². The molecule has 3 heteroatoms. The number of methoxy groups -OCH3 is 1. The number of rotatable bonds is 4. The zero-order valence-corrected chi connectivity index (χ0v) is 9.58. The summed E-state index contributed by atoms with van der Waals surface area (Å²) in [6, 6.07) is 3.81. The van der Waals surface area contributed by atoms with E-state index in [1.807, 2.05) is 13.0 Å². The lowest BCUT2D eigenvalue weighted by molar-refractivity contribution is 0.369. The van der Waals surface area contributed by atoms with Crippen molar-refractivity contribution in [3.63, 3.8) is 0 Å².